The van der Waals surface area contributed by atoms with E-state index in [4.69, 9.17) is 0 Å². The van der Waals surface area contributed by atoms with Gasteiger partial charge in [-0.3, -0.25) is 4.79 Å². The van der Waals surface area contributed by atoms with Crippen LogP contribution >= 0.6 is 0 Å². The van der Waals surface area contributed by atoms with Crippen LogP contribution in [0.1, 0.15) is 51.0 Å². The van der Waals surface area contributed by atoms with Gasteiger partial charge in [-0.25, -0.2) is 8.42 Å². The Kier molecular flexibility index (Phi) is 4.42. The number of aliphatic carboxylic acids is 1. The Morgan fingerprint density at radius 2 is 2.00 bits per heavy atom. The number of fused-ring (bicyclic) bond motifs is 1. The van der Waals surface area contributed by atoms with E-state index in [1.165, 1.54) is 0 Å². The lowest BCUT2D eigenvalue weighted by Crippen LogP contribution is -2.38. The van der Waals surface area contributed by atoms with Gasteiger partial charge in [-0.1, -0.05) is 44.9 Å². The van der Waals surface area contributed by atoms with Crippen LogP contribution in [0, 0.1) is 5.41 Å². The van der Waals surface area contributed by atoms with E-state index in [1.54, 1.807) is 24.3 Å². The van der Waals surface area contributed by atoms with Crippen LogP contribution in [-0.4, -0.2) is 25.2 Å². The van der Waals surface area contributed by atoms with E-state index >= 15 is 0 Å². The third kappa shape index (κ3) is 2.59. The van der Waals surface area contributed by atoms with Gasteiger partial charge in [-0.15, -0.1) is 0 Å². The minimum atomic E-state index is -3.37. The van der Waals surface area contributed by atoms with Crippen LogP contribution in [0.2, 0.25) is 0 Å². The monoisotopic (exact) mass is 310 g/mol. The van der Waals surface area contributed by atoms with Gasteiger partial charge in [0, 0.05) is 5.92 Å². The van der Waals surface area contributed by atoms with Gasteiger partial charge in [0.2, 0.25) is 0 Å². The predicted octanol–water partition coefficient (Wildman–Crippen LogP) is 3.23. The molecule has 1 aliphatic heterocycles. The molecule has 2 unspecified atom stereocenters. The molecule has 0 saturated carbocycles. The molecule has 2 atom stereocenters. The van der Waals surface area contributed by atoms with E-state index < -0.39 is 27.1 Å². The van der Waals surface area contributed by atoms with Crippen LogP contribution in [0.4, 0.5) is 0 Å². The van der Waals surface area contributed by atoms with E-state index in [1.807, 2.05) is 13.8 Å². The Bertz CT molecular complexity index is 635. The molecule has 4 nitrogen and oxygen atoms in total. The Balaban J connectivity index is 2.55. The zero-order chi connectivity index (χ0) is 15.7. The molecule has 0 aliphatic carbocycles. The van der Waals surface area contributed by atoms with Crippen molar-refractivity contribution in [2.45, 2.75) is 50.3 Å². The molecule has 1 aliphatic rings. The number of rotatable bonds is 6. The van der Waals surface area contributed by atoms with Crippen molar-refractivity contribution >= 4 is 15.8 Å². The summed E-state index contributed by atoms with van der Waals surface area (Å²) in [4.78, 5) is 12.3. The normalized spacial score (nSPS) is 22.5. The highest BCUT2D eigenvalue weighted by molar-refractivity contribution is 7.91. The summed E-state index contributed by atoms with van der Waals surface area (Å²) in [6.07, 6.45) is 2.65. The lowest BCUT2D eigenvalue weighted by Gasteiger charge is -2.34. The van der Waals surface area contributed by atoms with Gasteiger partial charge in [0.1, 0.15) is 0 Å². The average molecular weight is 310 g/mol. The van der Waals surface area contributed by atoms with Crippen molar-refractivity contribution in [3.05, 3.63) is 29.8 Å². The fourth-order valence-corrected chi connectivity index (χ4v) is 5.38. The summed E-state index contributed by atoms with van der Waals surface area (Å²) in [7, 11) is -3.37. The Morgan fingerprint density at radius 1 is 1.33 bits per heavy atom. The molecule has 1 N–H and O–H groups in total. The van der Waals surface area contributed by atoms with Crippen LogP contribution in [0.5, 0.6) is 0 Å². The number of unbranched alkanes of at least 4 members (excludes halogenated alkanes) is 1. The van der Waals surface area contributed by atoms with Crippen molar-refractivity contribution in [1.29, 1.82) is 0 Å². The van der Waals surface area contributed by atoms with Crippen molar-refractivity contribution < 1.29 is 18.3 Å². The molecule has 0 saturated heterocycles. The van der Waals surface area contributed by atoms with Crippen LogP contribution in [0.3, 0.4) is 0 Å². The maximum absolute atomic E-state index is 12.3. The minimum Gasteiger partial charge on any atom is -0.481 e. The fraction of sp³-hybridized carbons (Fsp3) is 0.562. The molecule has 0 fully saturated rings. The summed E-state index contributed by atoms with van der Waals surface area (Å²) >= 11 is 0. The van der Waals surface area contributed by atoms with Crippen LogP contribution in [0.15, 0.2) is 29.2 Å². The molecule has 21 heavy (non-hydrogen) atoms. The van der Waals surface area contributed by atoms with Crippen LogP contribution in [0.25, 0.3) is 0 Å². The molecule has 0 bridgehead atoms. The van der Waals surface area contributed by atoms with E-state index in [0.717, 1.165) is 12.8 Å². The molecule has 1 aromatic rings. The minimum absolute atomic E-state index is 0.0871. The maximum atomic E-state index is 12.3. The van der Waals surface area contributed by atoms with Gasteiger partial charge in [-0.05, 0) is 24.5 Å². The summed E-state index contributed by atoms with van der Waals surface area (Å²) in [5.74, 6) is -1.42. The second kappa shape index (κ2) is 5.79. The first-order valence-corrected chi connectivity index (χ1v) is 9.09. The molecule has 0 radical (unpaired) electrons. The molecule has 1 heterocycles. The van der Waals surface area contributed by atoms with Crippen molar-refractivity contribution in [3.8, 4) is 0 Å². The quantitative estimate of drug-likeness (QED) is 0.875. The predicted molar refractivity (Wildman–Crippen MR) is 81.1 cm³/mol. The Hall–Kier alpha value is -1.36. The van der Waals surface area contributed by atoms with Gasteiger partial charge in [0.15, 0.2) is 9.84 Å². The standard InChI is InChI=1S/C16H22O4S/c1-3-5-10-16(4-2,15(17)18)13-11-21(19,20)14-9-7-6-8-12(13)14/h6-9,13H,3-5,10-11H2,1-2H3,(H,17,18). The number of carboxylic acids is 1. The molecule has 0 amide bonds. The smallest absolute Gasteiger partial charge is 0.310 e. The summed E-state index contributed by atoms with van der Waals surface area (Å²) in [6.45, 7) is 3.86. The topological polar surface area (TPSA) is 71.4 Å². The lowest BCUT2D eigenvalue weighted by molar-refractivity contribution is -0.151. The van der Waals surface area contributed by atoms with Gasteiger partial charge in [0.05, 0.1) is 16.1 Å². The largest absolute Gasteiger partial charge is 0.481 e. The highest BCUT2D eigenvalue weighted by Gasteiger charge is 2.50. The first kappa shape index (κ1) is 16.0. The molecule has 5 heteroatoms. The molecular weight excluding hydrogens is 288 g/mol. The number of hydrogen-bond donors (Lipinski definition) is 1. The van der Waals surface area contributed by atoms with E-state index in [9.17, 15) is 18.3 Å². The average Bonchev–Trinajstić information content (AvgIpc) is 2.73. The van der Waals surface area contributed by atoms with Gasteiger partial charge >= 0.3 is 5.97 Å². The van der Waals surface area contributed by atoms with Crippen molar-refractivity contribution in [1.82, 2.24) is 0 Å². The second-order valence-corrected chi connectivity index (χ2v) is 7.79. The summed E-state index contributed by atoms with van der Waals surface area (Å²) in [5.41, 5.74) is -0.312. The SMILES string of the molecule is CCCCC(CC)(C(=O)O)C1CS(=O)(=O)c2ccccc21. The summed E-state index contributed by atoms with van der Waals surface area (Å²) in [6, 6.07) is 6.84. The first-order chi connectivity index (χ1) is 9.89. The highest BCUT2D eigenvalue weighted by atomic mass is 32.2. The fourth-order valence-electron chi connectivity index (χ4n) is 3.40. The summed E-state index contributed by atoms with van der Waals surface area (Å²) < 4.78 is 24.7. The summed E-state index contributed by atoms with van der Waals surface area (Å²) in [5, 5.41) is 9.81. The number of carbonyl (C=O) groups is 1. The molecule has 2 rings (SSSR count). The maximum Gasteiger partial charge on any atom is 0.310 e. The Morgan fingerprint density at radius 3 is 2.57 bits per heavy atom. The van der Waals surface area contributed by atoms with Gasteiger partial charge < -0.3 is 5.11 Å². The Labute approximate surface area is 126 Å². The zero-order valence-corrected chi connectivity index (χ0v) is 13.3. The number of hydrogen-bond acceptors (Lipinski definition) is 3. The van der Waals surface area contributed by atoms with Crippen LogP contribution in [-0.2, 0) is 14.6 Å². The molecule has 0 aromatic heterocycles. The highest BCUT2D eigenvalue weighted by Crippen LogP contribution is 2.50. The van der Waals surface area contributed by atoms with Crippen LogP contribution < -0.4 is 0 Å². The number of benzene rings is 1. The van der Waals surface area contributed by atoms with Gasteiger partial charge in [0.25, 0.3) is 0 Å². The van der Waals surface area contributed by atoms with E-state index in [-0.39, 0.29) is 5.75 Å². The number of sulfone groups is 1. The van der Waals surface area contributed by atoms with E-state index in [2.05, 4.69) is 0 Å². The lowest BCUT2D eigenvalue weighted by atomic mass is 9.68. The van der Waals surface area contributed by atoms with Crippen molar-refractivity contribution in [2.75, 3.05) is 5.75 Å². The second-order valence-electron chi connectivity index (χ2n) is 5.79. The van der Waals surface area contributed by atoms with Crippen molar-refractivity contribution in [2.24, 2.45) is 5.41 Å². The van der Waals surface area contributed by atoms with E-state index in [0.29, 0.717) is 23.3 Å². The zero-order valence-electron chi connectivity index (χ0n) is 12.5. The third-order valence-electron chi connectivity index (χ3n) is 4.72. The third-order valence-corrected chi connectivity index (χ3v) is 6.53. The van der Waals surface area contributed by atoms with Gasteiger partial charge in [-0.2, -0.15) is 0 Å². The number of carboxylic acid groups (broad SMARTS) is 1. The molecule has 1 aromatic carbocycles. The first-order valence-electron chi connectivity index (χ1n) is 7.44. The van der Waals surface area contributed by atoms with Crippen molar-refractivity contribution in [3.63, 3.8) is 0 Å². The molecule has 116 valence electrons. The molecular formula is C16H22O4S. The molecule has 0 spiro atoms.